The summed E-state index contributed by atoms with van der Waals surface area (Å²) in [5.41, 5.74) is 5.44. The third-order valence-electron chi connectivity index (χ3n) is 2.68. The van der Waals surface area contributed by atoms with Crippen molar-refractivity contribution in [1.29, 1.82) is 0 Å². The van der Waals surface area contributed by atoms with Gasteiger partial charge in [0.1, 0.15) is 11.9 Å². The molecule has 2 N–H and O–H groups in total. The molecule has 1 atom stereocenters. The van der Waals surface area contributed by atoms with Gasteiger partial charge in [-0.2, -0.15) is 13.2 Å². The molecule has 16 heavy (non-hydrogen) atoms. The van der Waals surface area contributed by atoms with Gasteiger partial charge in [-0.05, 0) is 36.6 Å². The fourth-order valence-corrected chi connectivity index (χ4v) is 1.79. The summed E-state index contributed by atoms with van der Waals surface area (Å²) in [5.74, 6) is 0.523. The number of hydrogen-bond acceptors (Lipinski definition) is 2. The fraction of sp³-hybridized carbons (Fsp3) is 0.455. The van der Waals surface area contributed by atoms with Crippen LogP contribution in [0.1, 0.15) is 17.5 Å². The third-order valence-corrected chi connectivity index (χ3v) is 2.68. The highest BCUT2D eigenvalue weighted by atomic mass is 19.4. The van der Waals surface area contributed by atoms with Crippen LogP contribution in [0.2, 0.25) is 0 Å². The maximum Gasteiger partial charge on any atom is 0.416 e. The number of aryl methyl sites for hydroxylation is 1. The van der Waals surface area contributed by atoms with Crippen molar-refractivity contribution in [3.63, 3.8) is 0 Å². The molecule has 0 amide bonds. The Labute approximate surface area is 91.2 Å². The minimum Gasteiger partial charge on any atom is -0.489 e. The van der Waals surface area contributed by atoms with Crippen molar-refractivity contribution >= 4 is 0 Å². The van der Waals surface area contributed by atoms with Crippen molar-refractivity contribution in [1.82, 2.24) is 0 Å². The predicted molar refractivity (Wildman–Crippen MR) is 53.2 cm³/mol. The molecule has 1 aromatic carbocycles. The van der Waals surface area contributed by atoms with E-state index in [2.05, 4.69) is 0 Å². The lowest BCUT2D eigenvalue weighted by atomic mass is 10.00. The predicted octanol–water partition coefficient (Wildman–Crippen LogP) is 2.36. The van der Waals surface area contributed by atoms with Crippen LogP contribution in [0.15, 0.2) is 18.2 Å². The molecule has 1 aliphatic rings. The largest absolute Gasteiger partial charge is 0.489 e. The number of benzene rings is 1. The number of nitrogens with two attached hydrogens (primary N) is 1. The summed E-state index contributed by atoms with van der Waals surface area (Å²) in [6.45, 7) is 0.389. The number of rotatable bonds is 1. The van der Waals surface area contributed by atoms with Crippen LogP contribution >= 0.6 is 0 Å². The summed E-state index contributed by atoms with van der Waals surface area (Å²) in [6.07, 6.45) is -3.12. The molecule has 1 aromatic rings. The first kappa shape index (κ1) is 11.3. The van der Waals surface area contributed by atoms with E-state index >= 15 is 0 Å². The molecular formula is C11H12F3NO. The molecule has 0 bridgehead atoms. The summed E-state index contributed by atoms with van der Waals surface area (Å²) >= 11 is 0. The van der Waals surface area contributed by atoms with E-state index < -0.39 is 11.7 Å². The lowest BCUT2D eigenvalue weighted by Crippen LogP contribution is -2.30. The number of alkyl halides is 3. The first-order valence-electron chi connectivity index (χ1n) is 5.07. The minimum atomic E-state index is -4.29. The van der Waals surface area contributed by atoms with Crippen LogP contribution in [-0.2, 0) is 12.6 Å². The Morgan fingerprint density at radius 1 is 1.38 bits per heavy atom. The van der Waals surface area contributed by atoms with E-state index in [9.17, 15) is 13.2 Å². The average Bonchev–Trinajstić information content (AvgIpc) is 2.26. The van der Waals surface area contributed by atoms with Gasteiger partial charge in [-0.15, -0.1) is 0 Å². The topological polar surface area (TPSA) is 35.2 Å². The molecule has 1 aliphatic heterocycles. The molecule has 0 saturated carbocycles. The van der Waals surface area contributed by atoms with Crippen LogP contribution < -0.4 is 10.5 Å². The molecule has 2 rings (SSSR count). The molecule has 2 nitrogen and oxygen atoms in total. The van der Waals surface area contributed by atoms with E-state index in [0.29, 0.717) is 30.7 Å². The van der Waals surface area contributed by atoms with Gasteiger partial charge in [-0.1, -0.05) is 0 Å². The summed E-state index contributed by atoms with van der Waals surface area (Å²) in [7, 11) is 0. The maximum absolute atomic E-state index is 12.4. The Hall–Kier alpha value is -1.23. The average molecular weight is 231 g/mol. The zero-order chi connectivity index (χ0) is 11.8. The highest BCUT2D eigenvalue weighted by Crippen LogP contribution is 2.35. The van der Waals surface area contributed by atoms with Gasteiger partial charge < -0.3 is 10.5 Å². The van der Waals surface area contributed by atoms with Gasteiger partial charge in [0.2, 0.25) is 0 Å². The Morgan fingerprint density at radius 2 is 2.12 bits per heavy atom. The number of halogens is 3. The second-order valence-corrected chi connectivity index (χ2v) is 3.83. The van der Waals surface area contributed by atoms with Crippen molar-refractivity contribution in [2.24, 2.45) is 5.73 Å². The zero-order valence-corrected chi connectivity index (χ0v) is 8.55. The first-order valence-corrected chi connectivity index (χ1v) is 5.07. The molecule has 1 unspecified atom stereocenters. The van der Waals surface area contributed by atoms with Crippen LogP contribution in [0.25, 0.3) is 0 Å². The Bertz CT molecular complexity index is 389. The minimum absolute atomic E-state index is 0.0794. The molecule has 0 aromatic heterocycles. The number of ether oxygens (including phenoxy) is 1. The van der Waals surface area contributed by atoms with E-state index in [4.69, 9.17) is 10.5 Å². The van der Waals surface area contributed by atoms with E-state index in [1.807, 2.05) is 0 Å². The highest BCUT2D eigenvalue weighted by molar-refractivity contribution is 5.39. The Kier molecular flexibility index (Phi) is 2.80. The van der Waals surface area contributed by atoms with E-state index in [1.54, 1.807) is 0 Å². The van der Waals surface area contributed by atoms with Crippen molar-refractivity contribution in [2.45, 2.75) is 25.1 Å². The van der Waals surface area contributed by atoms with Gasteiger partial charge >= 0.3 is 6.18 Å². The fourth-order valence-electron chi connectivity index (χ4n) is 1.79. The third kappa shape index (κ3) is 2.14. The van der Waals surface area contributed by atoms with Crippen LogP contribution in [-0.4, -0.2) is 12.6 Å². The molecule has 88 valence electrons. The number of hydrogen-bond donors (Lipinski definition) is 1. The molecule has 1 heterocycles. The second kappa shape index (κ2) is 3.97. The van der Waals surface area contributed by atoms with Gasteiger partial charge in [-0.25, -0.2) is 0 Å². The van der Waals surface area contributed by atoms with Crippen LogP contribution in [0.4, 0.5) is 13.2 Å². The SMILES string of the molecule is NCC1CCc2cc(C(F)(F)F)ccc2O1. The summed E-state index contributed by atoms with van der Waals surface area (Å²) in [5, 5.41) is 0. The smallest absolute Gasteiger partial charge is 0.416 e. The first-order chi connectivity index (χ1) is 7.50. The normalized spacial score (nSPS) is 20.1. The Balaban J connectivity index is 2.28. The van der Waals surface area contributed by atoms with Gasteiger partial charge in [0, 0.05) is 6.54 Å². The molecule has 0 fully saturated rings. The maximum atomic E-state index is 12.4. The van der Waals surface area contributed by atoms with E-state index in [1.165, 1.54) is 6.07 Å². The standard InChI is InChI=1S/C11H12F3NO/c12-11(13,14)8-2-4-10-7(5-8)1-3-9(6-15)16-10/h2,4-5,9H,1,3,6,15H2. The molecule has 0 spiro atoms. The van der Waals surface area contributed by atoms with Crippen LogP contribution in [0.3, 0.4) is 0 Å². The van der Waals surface area contributed by atoms with Gasteiger partial charge in [0.25, 0.3) is 0 Å². The number of fused-ring (bicyclic) bond motifs is 1. The van der Waals surface area contributed by atoms with Crippen molar-refractivity contribution < 1.29 is 17.9 Å². The molecule has 0 aliphatic carbocycles. The van der Waals surface area contributed by atoms with Crippen molar-refractivity contribution in [2.75, 3.05) is 6.54 Å². The molecule has 0 radical (unpaired) electrons. The lowest BCUT2D eigenvalue weighted by Gasteiger charge is -2.25. The summed E-state index contributed by atoms with van der Waals surface area (Å²) in [4.78, 5) is 0. The van der Waals surface area contributed by atoms with E-state index in [0.717, 1.165) is 12.1 Å². The van der Waals surface area contributed by atoms with Crippen molar-refractivity contribution in [3.8, 4) is 5.75 Å². The summed E-state index contributed by atoms with van der Waals surface area (Å²) < 4.78 is 42.8. The van der Waals surface area contributed by atoms with Crippen molar-refractivity contribution in [3.05, 3.63) is 29.3 Å². The molecule has 5 heteroatoms. The van der Waals surface area contributed by atoms with Gasteiger partial charge in [-0.3, -0.25) is 0 Å². The summed E-state index contributed by atoms with van der Waals surface area (Å²) in [6, 6.07) is 3.57. The monoisotopic (exact) mass is 231 g/mol. The van der Waals surface area contributed by atoms with Gasteiger partial charge in [0.15, 0.2) is 0 Å². The van der Waals surface area contributed by atoms with Crippen LogP contribution in [0.5, 0.6) is 5.75 Å². The van der Waals surface area contributed by atoms with Crippen LogP contribution in [0, 0.1) is 0 Å². The van der Waals surface area contributed by atoms with Gasteiger partial charge in [0.05, 0.1) is 5.56 Å². The second-order valence-electron chi connectivity index (χ2n) is 3.83. The lowest BCUT2D eigenvalue weighted by molar-refractivity contribution is -0.137. The quantitative estimate of drug-likeness (QED) is 0.805. The van der Waals surface area contributed by atoms with E-state index in [-0.39, 0.29) is 6.10 Å². The molecule has 0 saturated heterocycles. The highest BCUT2D eigenvalue weighted by Gasteiger charge is 2.32. The zero-order valence-electron chi connectivity index (χ0n) is 8.55. The Morgan fingerprint density at radius 3 is 2.75 bits per heavy atom. The molecular weight excluding hydrogens is 219 g/mol.